The molecule has 78 valence electrons. The summed E-state index contributed by atoms with van der Waals surface area (Å²) in [7, 11) is 1.82. The van der Waals surface area contributed by atoms with Crippen LogP contribution in [0.4, 0.5) is 11.6 Å². The minimum atomic E-state index is 0.302. The zero-order valence-electron chi connectivity index (χ0n) is 8.51. The van der Waals surface area contributed by atoms with Crippen molar-refractivity contribution < 1.29 is 0 Å². The number of nitrogens with two attached hydrogens (primary N) is 2. The maximum atomic E-state index is 5.69. The average molecular weight is 203 g/mol. The molecular formula is C10H13N5. The molecule has 2 rings (SSSR count). The van der Waals surface area contributed by atoms with E-state index in [1.54, 1.807) is 4.68 Å². The van der Waals surface area contributed by atoms with E-state index in [1.165, 1.54) is 0 Å². The highest BCUT2D eigenvalue weighted by Crippen LogP contribution is 2.11. The van der Waals surface area contributed by atoms with Gasteiger partial charge in [0.25, 0.3) is 0 Å². The van der Waals surface area contributed by atoms with Crippen molar-refractivity contribution in [2.45, 2.75) is 6.42 Å². The SMILES string of the molecule is Cn1nc(N)nc1Cc1cccc(N)c1. The minimum Gasteiger partial charge on any atom is -0.399 e. The second-order valence-electron chi connectivity index (χ2n) is 3.43. The number of rotatable bonds is 2. The quantitative estimate of drug-likeness (QED) is 0.699. The van der Waals surface area contributed by atoms with Gasteiger partial charge in [0.05, 0.1) is 0 Å². The van der Waals surface area contributed by atoms with Crippen molar-refractivity contribution in [2.75, 3.05) is 11.5 Å². The largest absolute Gasteiger partial charge is 0.399 e. The van der Waals surface area contributed by atoms with Gasteiger partial charge in [-0.15, -0.1) is 5.10 Å². The van der Waals surface area contributed by atoms with Crippen LogP contribution in [0.15, 0.2) is 24.3 Å². The number of hydrogen-bond acceptors (Lipinski definition) is 4. The lowest BCUT2D eigenvalue weighted by Gasteiger charge is -2.01. The summed E-state index contributed by atoms with van der Waals surface area (Å²) in [6, 6.07) is 7.70. The fraction of sp³-hybridized carbons (Fsp3) is 0.200. The molecule has 4 N–H and O–H groups in total. The molecule has 5 nitrogen and oxygen atoms in total. The lowest BCUT2D eigenvalue weighted by atomic mass is 10.1. The Balaban J connectivity index is 2.25. The molecular weight excluding hydrogens is 190 g/mol. The van der Waals surface area contributed by atoms with Gasteiger partial charge in [-0.1, -0.05) is 12.1 Å². The normalized spacial score (nSPS) is 10.5. The molecule has 0 atom stereocenters. The maximum absolute atomic E-state index is 5.69. The first-order chi connectivity index (χ1) is 7.15. The fourth-order valence-corrected chi connectivity index (χ4v) is 1.48. The Bertz CT molecular complexity index is 474. The van der Waals surface area contributed by atoms with Gasteiger partial charge < -0.3 is 11.5 Å². The third kappa shape index (κ3) is 2.07. The zero-order chi connectivity index (χ0) is 10.8. The molecule has 0 spiro atoms. The van der Waals surface area contributed by atoms with E-state index in [9.17, 15) is 0 Å². The second-order valence-corrected chi connectivity index (χ2v) is 3.43. The zero-order valence-corrected chi connectivity index (χ0v) is 8.51. The first-order valence-corrected chi connectivity index (χ1v) is 4.65. The van der Waals surface area contributed by atoms with E-state index in [0.717, 1.165) is 17.1 Å². The van der Waals surface area contributed by atoms with Crippen LogP contribution in [0, 0.1) is 0 Å². The van der Waals surface area contributed by atoms with E-state index in [-0.39, 0.29) is 0 Å². The Hall–Kier alpha value is -2.04. The number of anilines is 2. The van der Waals surface area contributed by atoms with Crippen molar-refractivity contribution in [3.8, 4) is 0 Å². The molecule has 0 saturated heterocycles. The van der Waals surface area contributed by atoms with E-state index >= 15 is 0 Å². The van der Waals surface area contributed by atoms with Crippen LogP contribution in [0.3, 0.4) is 0 Å². The molecule has 5 heteroatoms. The van der Waals surface area contributed by atoms with Crippen molar-refractivity contribution >= 4 is 11.6 Å². The van der Waals surface area contributed by atoms with E-state index in [4.69, 9.17) is 11.5 Å². The van der Waals surface area contributed by atoms with Crippen molar-refractivity contribution in [3.63, 3.8) is 0 Å². The Kier molecular flexibility index (Phi) is 2.29. The molecule has 1 heterocycles. The van der Waals surface area contributed by atoms with Crippen molar-refractivity contribution in [1.82, 2.24) is 14.8 Å². The summed E-state index contributed by atoms with van der Waals surface area (Å²) >= 11 is 0. The number of nitrogens with zero attached hydrogens (tertiary/aromatic N) is 3. The van der Waals surface area contributed by atoms with Gasteiger partial charge in [-0.05, 0) is 17.7 Å². The standard InChI is InChI=1S/C10H13N5/c1-15-9(13-10(12)14-15)6-7-3-2-4-8(11)5-7/h2-5H,6,11H2,1H3,(H2,12,14). The number of benzene rings is 1. The number of aromatic nitrogens is 3. The third-order valence-electron chi connectivity index (χ3n) is 2.18. The van der Waals surface area contributed by atoms with Gasteiger partial charge >= 0.3 is 0 Å². The second kappa shape index (κ2) is 3.61. The topological polar surface area (TPSA) is 82.8 Å². The fourth-order valence-electron chi connectivity index (χ4n) is 1.48. The number of aryl methyl sites for hydroxylation is 1. The van der Waals surface area contributed by atoms with E-state index in [0.29, 0.717) is 12.4 Å². The predicted octanol–water partition coefficient (Wildman–Crippen LogP) is 0.570. The summed E-state index contributed by atoms with van der Waals surface area (Å²) in [5.41, 5.74) is 13.0. The molecule has 0 aliphatic carbocycles. The highest BCUT2D eigenvalue weighted by molar-refractivity contribution is 5.41. The van der Waals surface area contributed by atoms with Crippen LogP contribution in [-0.2, 0) is 13.5 Å². The van der Waals surface area contributed by atoms with E-state index in [2.05, 4.69) is 10.1 Å². The molecule has 15 heavy (non-hydrogen) atoms. The van der Waals surface area contributed by atoms with Crippen LogP contribution in [0.1, 0.15) is 11.4 Å². The van der Waals surface area contributed by atoms with Crippen LogP contribution in [-0.4, -0.2) is 14.8 Å². The molecule has 0 amide bonds. The lowest BCUT2D eigenvalue weighted by molar-refractivity contribution is 0.718. The lowest BCUT2D eigenvalue weighted by Crippen LogP contribution is -2.00. The predicted molar refractivity (Wildman–Crippen MR) is 59.1 cm³/mol. The molecule has 2 aromatic rings. The summed E-state index contributed by atoms with van der Waals surface area (Å²) in [6.07, 6.45) is 0.686. The Morgan fingerprint density at radius 3 is 2.73 bits per heavy atom. The third-order valence-corrected chi connectivity index (χ3v) is 2.18. The van der Waals surface area contributed by atoms with Crippen LogP contribution >= 0.6 is 0 Å². The number of hydrogen-bond donors (Lipinski definition) is 2. The molecule has 0 aliphatic rings. The van der Waals surface area contributed by atoms with E-state index in [1.807, 2.05) is 31.3 Å². The summed E-state index contributed by atoms with van der Waals surface area (Å²) < 4.78 is 1.68. The molecule has 0 bridgehead atoms. The monoisotopic (exact) mass is 203 g/mol. The summed E-state index contributed by atoms with van der Waals surface area (Å²) in [6.45, 7) is 0. The Morgan fingerprint density at radius 2 is 2.13 bits per heavy atom. The number of nitrogen functional groups attached to an aromatic ring is 2. The van der Waals surface area contributed by atoms with Gasteiger partial charge in [-0.25, -0.2) is 0 Å². The highest BCUT2D eigenvalue weighted by Gasteiger charge is 2.05. The Morgan fingerprint density at radius 1 is 1.33 bits per heavy atom. The van der Waals surface area contributed by atoms with Crippen LogP contribution < -0.4 is 11.5 Å². The van der Waals surface area contributed by atoms with Gasteiger partial charge in [0.1, 0.15) is 5.82 Å². The summed E-state index contributed by atoms with van der Waals surface area (Å²) in [5.74, 6) is 1.13. The van der Waals surface area contributed by atoms with Gasteiger partial charge in [-0.3, -0.25) is 4.68 Å². The van der Waals surface area contributed by atoms with Gasteiger partial charge in [-0.2, -0.15) is 4.98 Å². The first-order valence-electron chi connectivity index (χ1n) is 4.65. The molecule has 1 aromatic carbocycles. The van der Waals surface area contributed by atoms with Gasteiger partial charge in [0, 0.05) is 19.2 Å². The molecule has 0 unspecified atom stereocenters. The van der Waals surface area contributed by atoms with Crippen molar-refractivity contribution in [2.24, 2.45) is 7.05 Å². The molecule has 0 fully saturated rings. The average Bonchev–Trinajstić information content (AvgIpc) is 2.45. The van der Waals surface area contributed by atoms with Crippen molar-refractivity contribution in [1.29, 1.82) is 0 Å². The maximum Gasteiger partial charge on any atom is 0.239 e. The summed E-state index contributed by atoms with van der Waals surface area (Å²) in [4.78, 5) is 4.12. The van der Waals surface area contributed by atoms with Crippen LogP contribution in [0.2, 0.25) is 0 Å². The van der Waals surface area contributed by atoms with Crippen LogP contribution in [0.25, 0.3) is 0 Å². The first kappa shape index (κ1) is 9.51. The van der Waals surface area contributed by atoms with Crippen LogP contribution in [0.5, 0.6) is 0 Å². The van der Waals surface area contributed by atoms with Crippen molar-refractivity contribution in [3.05, 3.63) is 35.7 Å². The Labute approximate surface area is 87.7 Å². The summed E-state index contributed by atoms with van der Waals surface area (Å²) in [5, 5.41) is 3.98. The molecule has 1 aromatic heterocycles. The van der Waals surface area contributed by atoms with E-state index < -0.39 is 0 Å². The van der Waals surface area contributed by atoms with Gasteiger partial charge in [0.15, 0.2) is 0 Å². The smallest absolute Gasteiger partial charge is 0.239 e. The molecule has 0 aliphatic heterocycles. The molecule has 0 saturated carbocycles. The molecule has 0 radical (unpaired) electrons. The minimum absolute atomic E-state index is 0.302. The van der Waals surface area contributed by atoms with Gasteiger partial charge in [0.2, 0.25) is 5.95 Å². The highest BCUT2D eigenvalue weighted by atomic mass is 15.4.